The van der Waals surface area contributed by atoms with Gasteiger partial charge in [-0.05, 0) is 61.4 Å². The van der Waals surface area contributed by atoms with Crippen molar-refractivity contribution in [3.8, 4) is 11.5 Å². The summed E-state index contributed by atoms with van der Waals surface area (Å²) in [6, 6.07) is 13.9. The fourth-order valence-corrected chi connectivity index (χ4v) is 4.43. The number of carbonyl (C=O) groups excluding carboxylic acids is 2. The van der Waals surface area contributed by atoms with Gasteiger partial charge in [0.15, 0.2) is 11.5 Å². The average Bonchev–Trinajstić information content (AvgIpc) is 3.57. The van der Waals surface area contributed by atoms with Crippen molar-refractivity contribution in [3.63, 3.8) is 0 Å². The summed E-state index contributed by atoms with van der Waals surface area (Å²) >= 11 is 0. The lowest BCUT2D eigenvalue weighted by Gasteiger charge is -2.27. The average molecular weight is 544 g/mol. The minimum Gasteiger partial charge on any atom is -0.454 e. The molecule has 2 aromatic carbocycles. The van der Waals surface area contributed by atoms with Crippen molar-refractivity contribution in [2.75, 3.05) is 26.4 Å². The molecule has 0 bridgehead atoms. The molecule has 0 unspecified atom stereocenters. The molecule has 208 valence electrons. The number of nitrogens with zero attached hydrogens (tertiary/aromatic N) is 3. The number of carbonyl (C=O) groups is 2. The number of fused-ring (bicyclic) bond motifs is 1. The topological polar surface area (TPSA) is 64.0 Å². The number of hydrogen-bond acceptors (Lipinski definition) is 4. The van der Waals surface area contributed by atoms with Gasteiger partial charge in [0.25, 0.3) is 5.91 Å². The van der Waals surface area contributed by atoms with Crippen LogP contribution in [0, 0.1) is 0 Å². The van der Waals surface area contributed by atoms with Crippen LogP contribution in [0.25, 0.3) is 0 Å². The first-order valence-electron chi connectivity index (χ1n) is 13.0. The fraction of sp³-hybridized carbons (Fsp3) is 0.379. The zero-order valence-corrected chi connectivity index (χ0v) is 22.0. The van der Waals surface area contributed by atoms with Crippen LogP contribution in [-0.2, 0) is 24.1 Å². The van der Waals surface area contributed by atoms with E-state index in [2.05, 4.69) is 0 Å². The molecule has 39 heavy (non-hydrogen) atoms. The van der Waals surface area contributed by atoms with Gasteiger partial charge in [0.1, 0.15) is 6.54 Å². The largest absolute Gasteiger partial charge is 0.454 e. The van der Waals surface area contributed by atoms with Crippen LogP contribution in [0.5, 0.6) is 11.5 Å². The third kappa shape index (κ3) is 6.93. The van der Waals surface area contributed by atoms with Crippen LogP contribution >= 0.6 is 0 Å². The molecule has 0 saturated carbocycles. The summed E-state index contributed by atoms with van der Waals surface area (Å²) in [6.07, 6.45) is -0.966. The molecule has 2 amide bonds. The molecule has 10 heteroatoms. The van der Waals surface area contributed by atoms with Gasteiger partial charge in [0, 0.05) is 37.1 Å². The fourth-order valence-electron chi connectivity index (χ4n) is 4.43. The number of aromatic nitrogens is 1. The molecular formula is C29H32F3N3O4. The van der Waals surface area contributed by atoms with Crippen molar-refractivity contribution >= 4 is 11.8 Å². The molecule has 1 aliphatic rings. The van der Waals surface area contributed by atoms with Crippen molar-refractivity contribution in [2.24, 2.45) is 0 Å². The molecule has 1 aromatic heterocycles. The zero-order chi connectivity index (χ0) is 28.0. The highest BCUT2D eigenvalue weighted by molar-refractivity contribution is 5.97. The van der Waals surface area contributed by atoms with Gasteiger partial charge in [-0.3, -0.25) is 9.59 Å². The number of amides is 2. The van der Waals surface area contributed by atoms with Gasteiger partial charge in [-0.2, -0.15) is 13.2 Å². The third-order valence-corrected chi connectivity index (χ3v) is 6.63. The standard InChI is InChI=1S/C29H32F3N3O4/c1-3-5-13-35(18-24-10-7-14-34(24)17-21-8-6-9-23(15-21)29(30,31)32)27(36)19-33(4-2)28(37)22-11-12-25-26(16-22)39-20-38-25/h6-12,14-16H,3-5,13,17-20H2,1-2H3. The van der Waals surface area contributed by atoms with E-state index in [0.717, 1.165) is 30.7 Å². The van der Waals surface area contributed by atoms with E-state index in [9.17, 15) is 22.8 Å². The summed E-state index contributed by atoms with van der Waals surface area (Å²) in [5, 5.41) is 0. The Morgan fingerprint density at radius 1 is 0.974 bits per heavy atom. The molecule has 7 nitrogen and oxygen atoms in total. The monoisotopic (exact) mass is 543 g/mol. The highest BCUT2D eigenvalue weighted by Gasteiger charge is 2.30. The molecule has 0 saturated heterocycles. The predicted octanol–water partition coefficient (Wildman–Crippen LogP) is 5.57. The van der Waals surface area contributed by atoms with E-state index in [-0.39, 0.29) is 38.2 Å². The van der Waals surface area contributed by atoms with Gasteiger partial charge in [0.2, 0.25) is 12.7 Å². The van der Waals surface area contributed by atoms with Crippen LogP contribution in [0.2, 0.25) is 0 Å². The maximum atomic E-state index is 13.4. The van der Waals surface area contributed by atoms with E-state index in [4.69, 9.17) is 9.47 Å². The molecule has 0 N–H and O–H groups in total. The van der Waals surface area contributed by atoms with Crippen LogP contribution < -0.4 is 9.47 Å². The van der Waals surface area contributed by atoms with Gasteiger partial charge in [-0.1, -0.05) is 25.5 Å². The van der Waals surface area contributed by atoms with Gasteiger partial charge < -0.3 is 23.8 Å². The highest BCUT2D eigenvalue weighted by Crippen LogP contribution is 2.33. The number of halogens is 3. The van der Waals surface area contributed by atoms with Crippen molar-refractivity contribution in [1.29, 1.82) is 0 Å². The van der Waals surface area contributed by atoms with E-state index < -0.39 is 11.7 Å². The minimum absolute atomic E-state index is 0.0954. The molecule has 0 radical (unpaired) electrons. The maximum absolute atomic E-state index is 13.4. The number of hydrogen-bond donors (Lipinski definition) is 0. The number of unbranched alkanes of at least 4 members (excludes halogenated alkanes) is 1. The van der Waals surface area contributed by atoms with Crippen molar-refractivity contribution in [3.05, 3.63) is 83.2 Å². The first-order valence-corrected chi connectivity index (χ1v) is 13.0. The molecule has 1 aliphatic heterocycles. The van der Waals surface area contributed by atoms with E-state index in [1.165, 1.54) is 11.0 Å². The molecule has 2 heterocycles. The predicted molar refractivity (Wildman–Crippen MR) is 139 cm³/mol. The Hall–Kier alpha value is -3.95. The van der Waals surface area contributed by atoms with Crippen LogP contribution in [0.3, 0.4) is 0 Å². The Morgan fingerprint density at radius 3 is 2.51 bits per heavy atom. The SMILES string of the molecule is CCCCN(Cc1cccn1Cc1cccc(C(F)(F)F)c1)C(=O)CN(CC)C(=O)c1ccc2c(c1)OCO2. The quantitative estimate of drug-likeness (QED) is 0.317. The number of benzene rings is 2. The Kier molecular flexibility index (Phi) is 8.83. The lowest BCUT2D eigenvalue weighted by atomic mass is 10.1. The van der Waals surface area contributed by atoms with Crippen molar-refractivity contribution < 1.29 is 32.2 Å². The number of ether oxygens (including phenoxy) is 2. The Balaban J connectivity index is 1.47. The van der Waals surface area contributed by atoms with E-state index in [1.807, 2.05) is 30.5 Å². The van der Waals surface area contributed by atoms with E-state index in [0.29, 0.717) is 35.7 Å². The van der Waals surface area contributed by atoms with Gasteiger partial charge in [-0.25, -0.2) is 0 Å². The van der Waals surface area contributed by atoms with Gasteiger partial charge in [-0.15, -0.1) is 0 Å². The lowest BCUT2D eigenvalue weighted by molar-refractivity contribution is -0.137. The summed E-state index contributed by atoms with van der Waals surface area (Å²) in [4.78, 5) is 29.8. The smallest absolute Gasteiger partial charge is 0.416 e. The molecule has 0 spiro atoms. The summed E-state index contributed by atoms with van der Waals surface area (Å²) in [5.41, 5.74) is 1.02. The number of rotatable bonds is 11. The Morgan fingerprint density at radius 2 is 1.77 bits per heavy atom. The highest BCUT2D eigenvalue weighted by atomic mass is 19.4. The lowest BCUT2D eigenvalue weighted by Crippen LogP contribution is -2.43. The third-order valence-electron chi connectivity index (χ3n) is 6.63. The van der Waals surface area contributed by atoms with Crippen LogP contribution in [0.4, 0.5) is 13.2 Å². The maximum Gasteiger partial charge on any atom is 0.416 e. The number of likely N-dealkylation sites (N-methyl/N-ethyl adjacent to an activating group) is 1. The normalized spacial score (nSPS) is 12.4. The first-order chi connectivity index (χ1) is 18.7. The van der Waals surface area contributed by atoms with Crippen LogP contribution in [0.15, 0.2) is 60.8 Å². The van der Waals surface area contributed by atoms with Crippen LogP contribution in [-0.4, -0.2) is 52.6 Å². The van der Waals surface area contributed by atoms with Crippen molar-refractivity contribution in [2.45, 2.75) is 46.0 Å². The summed E-state index contributed by atoms with van der Waals surface area (Å²) in [5.74, 6) is 0.581. The van der Waals surface area contributed by atoms with Crippen molar-refractivity contribution in [1.82, 2.24) is 14.4 Å². The molecule has 3 aromatic rings. The second kappa shape index (κ2) is 12.3. The Labute approximate surface area is 225 Å². The van der Waals surface area contributed by atoms with E-state index >= 15 is 0 Å². The second-order valence-electron chi connectivity index (χ2n) is 9.38. The van der Waals surface area contributed by atoms with Gasteiger partial charge in [0.05, 0.1) is 12.1 Å². The number of alkyl halides is 3. The summed E-state index contributed by atoms with van der Waals surface area (Å²) in [7, 11) is 0. The molecule has 0 fully saturated rings. The second-order valence-corrected chi connectivity index (χ2v) is 9.38. The van der Waals surface area contributed by atoms with Crippen LogP contribution in [0.1, 0.15) is 53.9 Å². The molecule has 0 aliphatic carbocycles. The first kappa shape index (κ1) is 28.1. The van der Waals surface area contributed by atoms with Gasteiger partial charge >= 0.3 is 6.18 Å². The Bertz CT molecular complexity index is 1300. The molecular weight excluding hydrogens is 511 g/mol. The molecule has 4 rings (SSSR count). The summed E-state index contributed by atoms with van der Waals surface area (Å²) in [6.45, 7) is 5.21. The van der Waals surface area contributed by atoms with E-state index in [1.54, 1.807) is 35.4 Å². The summed E-state index contributed by atoms with van der Waals surface area (Å²) < 4.78 is 52.0. The zero-order valence-electron chi connectivity index (χ0n) is 22.0. The minimum atomic E-state index is -4.41. The molecule has 0 atom stereocenters.